The highest BCUT2D eigenvalue weighted by Crippen LogP contribution is 2.56. The molecule has 2 aromatic carbocycles. The number of aromatic amines is 2. The summed E-state index contributed by atoms with van der Waals surface area (Å²) in [5.74, 6) is 2.42. The summed E-state index contributed by atoms with van der Waals surface area (Å²) in [6, 6.07) is 19.8. The maximum absolute atomic E-state index is 13.5. The number of rotatable bonds is 11. The summed E-state index contributed by atoms with van der Waals surface area (Å²) >= 11 is 0. The Morgan fingerprint density at radius 1 is 0.836 bits per heavy atom. The van der Waals surface area contributed by atoms with Gasteiger partial charge >= 0.3 is 6.09 Å². The van der Waals surface area contributed by atoms with Crippen molar-refractivity contribution in [2.24, 2.45) is 23.7 Å². The molecule has 4 N–H and O–H groups in total. The minimum Gasteiger partial charge on any atom is -0.453 e. The average Bonchev–Trinajstić information content (AvgIpc) is 4.07. The van der Waals surface area contributed by atoms with Crippen molar-refractivity contribution < 1.29 is 19.1 Å². The zero-order chi connectivity index (χ0) is 38.1. The van der Waals surface area contributed by atoms with Crippen molar-refractivity contribution in [3.63, 3.8) is 0 Å². The molecule has 2 aliphatic carbocycles. The number of aromatic nitrogens is 5. The number of nitrogens with one attached hydrogen (secondary N) is 4. The fraction of sp³-hybridized carbons (Fsp3) is 0.395. The Hall–Kier alpha value is -5.78. The van der Waals surface area contributed by atoms with E-state index in [0.29, 0.717) is 24.9 Å². The van der Waals surface area contributed by atoms with Crippen LogP contribution in [0, 0.1) is 23.7 Å². The SMILES string of the molecule is COC(=O)N[C@H](C(=O)N1CCC[C@H]1c1ncc(-c2ccc(-c3ccc(-c4cnc(C5C6CCC(C6)C5C(=O)NCc5cccnc5)[nH]4)cc3)cc2)[nH]1)C(C)C. The summed E-state index contributed by atoms with van der Waals surface area (Å²) in [5.41, 5.74) is 7.06. The standard InChI is InChI=1S/C43H48N8O4/c1-25(2)38(50-43(54)55-3)42(53)51-19-5-7-35(51)39-45-23-33(48-39)29-12-8-27(9-13-29)28-10-14-30(15-11-28)34-24-46-40(49-34)36-31-16-17-32(20-31)37(36)41(52)47-22-26-6-4-18-44-21-26/h4,6,8-15,18,21,23-25,31-32,35-38H,5,7,16-17,19-20,22H2,1-3H3,(H,45,48)(H,46,49)(H,47,52)(H,50,54)/t31?,32?,35-,36?,37?,38-/m0/s1. The highest BCUT2D eigenvalue weighted by molar-refractivity contribution is 5.86. The maximum atomic E-state index is 13.5. The van der Waals surface area contributed by atoms with Gasteiger partial charge in [0.05, 0.1) is 42.9 Å². The summed E-state index contributed by atoms with van der Waals surface area (Å²) in [6.07, 6.45) is 11.6. The van der Waals surface area contributed by atoms with Gasteiger partial charge in [-0.25, -0.2) is 14.8 Å². The normalized spacial score (nSPS) is 22.2. The molecule has 5 aromatic rings. The van der Waals surface area contributed by atoms with Crippen molar-refractivity contribution in [3.05, 3.63) is 103 Å². The smallest absolute Gasteiger partial charge is 0.407 e. The van der Waals surface area contributed by atoms with Crippen LogP contribution in [0.1, 0.15) is 75.1 Å². The van der Waals surface area contributed by atoms with E-state index >= 15 is 0 Å². The van der Waals surface area contributed by atoms with E-state index in [9.17, 15) is 14.4 Å². The van der Waals surface area contributed by atoms with Crippen LogP contribution in [0.3, 0.4) is 0 Å². The molecule has 8 rings (SSSR count). The Kier molecular flexibility index (Phi) is 10.2. The number of fused-ring (bicyclic) bond motifs is 2. The maximum Gasteiger partial charge on any atom is 0.407 e. The van der Waals surface area contributed by atoms with Gasteiger partial charge in [0, 0.05) is 31.4 Å². The molecular weight excluding hydrogens is 693 g/mol. The number of hydrogen-bond acceptors (Lipinski definition) is 7. The van der Waals surface area contributed by atoms with Crippen LogP contribution in [0.25, 0.3) is 33.6 Å². The molecule has 55 heavy (non-hydrogen) atoms. The molecule has 3 aromatic heterocycles. The molecule has 0 spiro atoms. The van der Waals surface area contributed by atoms with Crippen molar-refractivity contribution in [1.29, 1.82) is 0 Å². The van der Waals surface area contributed by atoms with E-state index in [2.05, 4.69) is 79.1 Å². The van der Waals surface area contributed by atoms with Gasteiger partial charge in [-0.3, -0.25) is 14.6 Å². The van der Waals surface area contributed by atoms with Crippen molar-refractivity contribution in [3.8, 4) is 33.6 Å². The minimum absolute atomic E-state index is 0.0750. The van der Waals surface area contributed by atoms with E-state index in [4.69, 9.17) is 9.72 Å². The lowest BCUT2D eigenvalue weighted by Crippen LogP contribution is -2.51. The van der Waals surface area contributed by atoms with E-state index in [1.165, 1.54) is 7.11 Å². The second-order valence-corrected chi connectivity index (χ2v) is 15.5. The molecule has 3 aliphatic rings. The van der Waals surface area contributed by atoms with Gasteiger partial charge < -0.3 is 30.2 Å². The van der Waals surface area contributed by atoms with Gasteiger partial charge in [0.1, 0.15) is 17.7 Å². The second-order valence-electron chi connectivity index (χ2n) is 15.5. The van der Waals surface area contributed by atoms with E-state index in [1.807, 2.05) is 43.3 Å². The van der Waals surface area contributed by atoms with Crippen molar-refractivity contribution in [2.75, 3.05) is 13.7 Å². The number of alkyl carbamates (subject to hydrolysis) is 1. The van der Waals surface area contributed by atoms with Gasteiger partial charge in [0.25, 0.3) is 0 Å². The Morgan fingerprint density at radius 3 is 2.11 bits per heavy atom. The predicted octanol–water partition coefficient (Wildman–Crippen LogP) is 7.02. The third-order valence-corrected chi connectivity index (χ3v) is 11.9. The number of hydrogen-bond donors (Lipinski definition) is 4. The second kappa shape index (κ2) is 15.5. The zero-order valence-electron chi connectivity index (χ0n) is 31.5. The van der Waals surface area contributed by atoms with Crippen molar-refractivity contribution >= 4 is 17.9 Å². The van der Waals surface area contributed by atoms with Gasteiger partial charge in [0.2, 0.25) is 11.8 Å². The van der Waals surface area contributed by atoms with Crippen LogP contribution in [0.5, 0.6) is 0 Å². The molecule has 12 nitrogen and oxygen atoms in total. The van der Waals surface area contributed by atoms with E-state index in [0.717, 1.165) is 83.0 Å². The van der Waals surface area contributed by atoms with Gasteiger partial charge in [-0.1, -0.05) is 68.4 Å². The molecule has 12 heteroatoms. The molecule has 1 saturated heterocycles. The first-order chi connectivity index (χ1) is 26.8. The number of methoxy groups -OCH3 is 1. The van der Waals surface area contributed by atoms with Gasteiger partial charge in [-0.15, -0.1) is 0 Å². The number of carbonyl (C=O) groups is 3. The summed E-state index contributed by atoms with van der Waals surface area (Å²) in [7, 11) is 1.30. The van der Waals surface area contributed by atoms with Crippen molar-refractivity contribution in [1.82, 2.24) is 40.5 Å². The van der Waals surface area contributed by atoms with Crippen LogP contribution in [-0.2, 0) is 20.9 Å². The molecule has 4 unspecified atom stereocenters. The molecule has 3 amide bonds. The molecule has 284 valence electrons. The predicted molar refractivity (Wildman–Crippen MR) is 208 cm³/mol. The van der Waals surface area contributed by atoms with Crippen LogP contribution < -0.4 is 10.6 Å². The van der Waals surface area contributed by atoms with E-state index in [1.54, 1.807) is 12.4 Å². The largest absolute Gasteiger partial charge is 0.453 e. The minimum atomic E-state index is -0.676. The number of amides is 3. The van der Waals surface area contributed by atoms with Gasteiger partial charge in [-0.05, 0) is 83.7 Å². The number of imidazole rings is 2. The zero-order valence-corrected chi connectivity index (χ0v) is 31.5. The number of likely N-dealkylation sites (tertiary alicyclic amines) is 1. The number of carbonyl (C=O) groups excluding carboxylic acids is 3. The number of ether oxygens (including phenoxy) is 1. The first-order valence-corrected chi connectivity index (χ1v) is 19.4. The monoisotopic (exact) mass is 740 g/mol. The molecule has 2 bridgehead atoms. The average molecular weight is 741 g/mol. The van der Waals surface area contributed by atoms with Gasteiger partial charge in [0.15, 0.2) is 0 Å². The lowest BCUT2D eigenvalue weighted by atomic mass is 9.78. The first-order valence-electron chi connectivity index (χ1n) is 19.4. The summed E-state index contributed by atoms with van der Waals surface area (Å²) in [6.45, 7) is 4.91. The first kappa shape index (κ1) is 36.2. The Labute approximate surface area is 320 Å². The lowest BCUT2D eigenvalue weighted by molar-refractivity contribution is -0.135. The van der Waals surface area contributed by atoms with Crippen LogP contribution in [-0.4, -0.2) is 67.4 Å². The summed E-state index contributed by atoms with van der Waals surface area (Å²) in [4.78, 5) is 61.6. The highest BCUT2D eigenvalue weighted by atomic mass is 16.5. The Morgan fingerprint density at radius 2 is 1.47 bits per heavy atom. The van der Waals surface area contributed by atoms with Crippen molar-refractivity contribution in [2.45, 2.75) is 70.5 Å². The highest BCUT2D eigenvalue weighted by Gasteiger charge is 2.52. The Balaban J connectivity index is 0.918. The molecular formula is C43H48N8O4. The topological polar surface area (TPSA) is 158 Å². The summed E-state index contributed by atoms with van der Waals surface area (Å²) < 4.78 is 4.76. The summed E-state index contributed by atoms with van der Waals surface area (Å²) in [5, 5.41) is 5.88. The number of pyridine rings is 1. The van der Waals surface area contributed by atoms with Crippen LogP contribution in [0.15, 0.2) is 85.5 Å². The molecule has 3 fully saturated rings. The molecule has 2 saturated carbocycles. The van der Waals surface area contributed by atoms with Crippen LogP contribution in [0.4, 0.5) is 4.79 Å². The molecule has 6 atom stereocenters. The third-order valence-electron chi connectivity index (χ3n) is 11.9. The molecule has 4 heterocycles. The molecule has 1 aliphatic heterocycles. The van der Waals surface area contributed by atoms with Gasteiger partial charge in [-0.2, -0.15) is 0 Å². The molecule has 0 radical (unpaired) electrons. The fourth-order valence-electron chi connectivity index (χ4n) is 9.05. The van der Waals surface area contributed by atoms with E-state index in [-0.39, 0.29) is 35.6 Å². The Bertz CT molecular complexity index is 2130. The number of H-pyrrole nitrogens is 2. The van der Waals surface area contributed by atoms with Crippen LogP contribution in [0.2, 0.25) is 0 Å². The van der Waals surface area contributed by atoms with E-state index < -0.39 is 12.1 Å². The number of benzene rings is 2. The lowest BCUT2D eigenvalue weighted by Gasteiger charge is -2.30. The number of nitrogens with zero attached hydrogens (tertiary/aromatic N) is 4. The third kappa shape index (κ3) is 7.37. The quantitative estimate of drug-likeness (QED) is 0.113. The fourth-order valence-corrected chi connectivity index (χ4v) is 9.05. The van der Waals surface area contributed by atoms with Crippen LogP contribution >= 0.6 is 0 Å².